The number of hydrogen-bond donors (Lipinski definition) is 0. The summed E-state index contributed by atoms with van der Waals surface area (Å²) in [6.07, 6.45) is -0.258. The summed E-state index contributed by atoms with van der Waals surface area (Å²) < 4.78 is 10.1. The maximum Gasteiger partial charge on any atom is 0.349 e. The predicted octanol–water partition coefficient (Wildman–Crippen LogP) is 1.18. The number of cyclic esters (lactones) is 1. The molecule has 0 aromatic heterocycles. The fraction of sp³-hybridized carbons (Fsp3) is 0.500. The molecule has 0 fully saturated rings. The van der Waals surface area contributed by atoms with E-state index in [9.17, 15) is 4.79 Å². The van der Waals surface area contributed by atoms with Crippen LogP contribution >= 0.6 is 15.9 Å². The summed E-state index contributed by atoms with van der Waals surface area (Å²) in [6, 6.07) is 0. The molecule has 1 aliphatic rings. The van der Waals surface area contributed by atoms with E-state index >= 15 is 0 Å². The van der Waals surface area contributed by atoms with E-state index in [4.69, 9.17) is 9.47 Å². The molecule has 1 atom stereocenters. The van der Waals surface area contributed by atoms with Gasteiger partial charge < -0.3 is 9.47 Å². The Hall–Kier alpha value is -0.510. The number of halogens is 1. The first kappa shape index (κ1) is 7.60. The van der Waals surface area contributed by atoms with E-state index in [-0.39, 0.29) is 12.1 Å². The average molecular weight is 207 g/mol. The lowest BCUT2D eigenvalue weighted by Crippen LogP contribution is -2.06. The first-order chi connectivity index (χ1) is 4.66. The smallest absolute Gasteiger partial charge is 0.349 e. The van der Waals surface area contributed by atoms with Gasteiger partial charge in [-0.1, -0.05) is 0 Å². The van der Waals surface area contributed by atoms with Crippen LogP contribution in [-0.4, -0.2) is 19.2 Å². The summed E-state index contributed by atoms with van der Waals surface area (Å²) in [5, 5.41) is 0. The van der Waals surface area contributed by atoms with Crippen LogP contribution in [0.1, 0.15) is 6.92 Å². The lowest BCUT2D eigenvalue weighted by molar-refractivity contribution is -0.138. The van der Waals surface area contributed by atoms with Gasteiger partial charge in [0.25, 0.3) is 0 Å². The molecular formula is C6H7BrO3. The molecule has 3 nitrogen and oxygen atoms in total. The number of rotatable bonds is 1. The van der Waals surface area contributed by atoms with Crippen molar-refractivity contribution in [3.63, 3.8) is 0 Å². The Morgan fingerprint density at radius 2 is 2.30 bits per heavy atom. The Labute approximate surface area is 67.1 Å². The number of ether oxygens (including phenoxy) is 2. The standard InChI is InChI=1S/C6H7BrO3/c1-3-5(9-2)4(7)6(8)10-3/h3H,1-2H3/t3-/m0/s1. The zero-order chi connectivity index (χ0) is 7.72. The summed E-state index contributed by atoms with van der Waals surface area (Å²) in [5.74, 6) is 0.203. The first-order valence-electron chi connectivity index (χ1n) is 2.81. The highest BCUT2D eigenvalue weighted by molar-refractivity contribution is 9.12. The summed E-state index contributed by atoms with van der Waals surface area (Å²) in [6.45, 7) is 1.75. The largest absolute Gasteiger partial charge is 0.496 e. The molecule has 0 aromatic rings. The van der Waals surface area contributed by atoms with Gasteiger partial charge in [0.15, 0.2) is 11.9 Å². The van der Waals surface area contributed by atoms with Gasteiger partial charge in [0, 0.05) is 0 Å². The molecule has 0 N–H and O–H groups in total. The van der Waals surface area contributed by atoms with Crippen LogP contribution in [0.4, 0.5) is 0 Å². The highest BCUT2D eigenvalue weighted by Crippen LogP contribution is 2.26. The van der Waals surface area contributed by atoms with E-state index < -0.39 is 0 Å². The van der Waals surface area contributed by atoms with Crippen molar-refractivity contribution < 1.29 is 14.3 Å². The topological polar surface area (TPSA) is 35.5 Å². The molecular weight excluding hydrogens is 200 g/mol. The Morgan fingerprint density at radius 3 is 2.50 bits per heavy atom. The van der Waals surface area contributed by atoms with Gasteiger partial charge >= 0.3 is 5.97 Å². The zero-order valence-corrected chi connectivity index (χ0v) is 7.27. The van der Waals surface area contributed by atoms with Crippen molar-refractivity contribution in [2.24, 2.45) is 0 Å². The van der Waals surface area contributed by atoms with Gasteiger partial charge in [0.2, 0.25) is 0 Å². The number of carbonyl (C=O) groups excluding carboxylic acids is 1. The van der Waals surface area contributed by atoms with Gasteiger partial charge in [-0.05, 0) is 22.9 Å². The third-order valence-corrected chi connectivity index (χ3v) is 1.98. The molecule has 56 valence electrons. The van der Waals surface area contributed by atoms with E-state index in [2.05, 4.69) is 15.9 Å². The van der Waals surface area contributed by atoms with Crippen LogP contribution in [0, 0.1) is 0 Å². The molecule has 1 aliphatic heterocycles. The van der Waals surface area contributed by atoms with Crippen molar-refractivity contribution in [3.8, 4) is 0 Å². The molecule has 10 heavy (non-hydrogen) atoms. The van der Waals surface area contributed by atoms with Crippen molar-refractivity contribution in [2.75, 3.05) is 7.11 Å². The average Bonchev–Trinajstić information content (AvgIpc) is 2.09. The van der Waals surface area contributed by atoms with Gasteiger partial charge in [0.1, 0.15) is 4.48 Å². The molecule has 0 radical (unpaired) electrons. The molecule has 0 bridgehead atoms. The minimum absolute atomic E-state index is 0.258. The summed E-state index contributed by atoms with van der Waals surface area (Å²) in [4.78, 5) is 10.7. The third kappa shape index (κ3) is 1.03. The number of hydrogen-bond acceptors (Lipinski definition) is 3. The Bertz CT molecular complexity index is 197. The molecule has 0 spiro atoms. The zero-order valence-electron chi connectivity index (χ0n) is 5.68. The molecule has 0 aromatic carbocycles. The Kier molecular flexibility index (Phi) is 1.99. The second-order valence-corrected chi connectivity index (χ2v) is 2.72. The van der Waals surface area contributed by atoms with Gasteiger partial charge in [-0.3, -0.25) is 0 Å². The van der Waals surface area contributed by atoms with E-state index in [0.717, 1.165) is 0 Å². The second-order valence-electron chi connectivity index (χ2n) is 1.93. The minimum atomic E-state index is -0.357. The van der Waals surface area contributed by atoms with Gasteiger partial charge in [-0.25, -0.2) is 4.79 Å². The molecule has 0 saturated carbocycles. The van der Waals surface area contributed by atoms with Crippen LogP contribution in [0.2, 0.25) is 0 Å². The van der Waals surface area contributed by atoms with Crippen LogP contribution < -0.4 is 0 Å². The van der Waals surface area contributed by atoms with E-state index in [1.807, 2.05) is 0 Å². The molecule has 0 unspecified atom stereocenters. The van der Waals surface area contributed by atoms with Crippen molar-refractivity contribution in [3.05, 3.63) is 10.2 Å². The van der Waals surface area contributed by atoms with Crippen molar-refractivity contribution in [2.45, 2.75) is 13.0 Å². The fourth-order valence-corrected chi connectivity index (χ4v) is 1.38. The number of carbonyl (C=O) groups is 1. The predicted molar refractivity (Wildman–Crippen MR) is 38.5 cm³/mol. The molecule has 1 heterocycles. The molecule has 0 aliphatic carbocycles. The van der Waals surface area contributed by atoms with Crippen LogP contribution in [0.5, 0.6) is 0 Å². The first-order valence-corrected chi connectivity index (χ1v) is 3.60. The van der Waals surface area contributed by atoms with Crippen molar-refractivity contribution in [1.82, 2.24) is 0 Å². The van der Waals surface area contributed by atoms with Gasteiger partial charge in [0.05, 0.1) is 7.11 Å². The summed E-state index contributed by atoms with van der Waals surface area (Å²) in [5.41, 5.74) is 0. The minimum Gasteiger partial charge on any atom is -0.496 e. The van der Waals surface area contributed by atoms with E-state index in [1.54, 1.807) is 6.92 Å². The Morgan fingerprint density at radius 1 is 1.70 bits per heavy atom. The van der Waals surface area contributed by atoms with Gasteiger partial charge in [-0.2, -0.15) is 0 Å². The monoisotopic (exact) mass is 206 g/mol. The number of esters is 1. The lowest BCUT2D eigenvalue weighted by atomic mass is 10.3. The molecule has 4 heteroatoms. The van der Waals surface area contributed by atoms with Crippen molar-refractivity contribution >= 4 is 21.9 Å². The SMILES string of the molecule is COC1=C(Br)C(=O)O[C@H]1C. The van der Waals surface area contributed by atoms with E-state index in [0.29, 0.717) is 10.2 Å². The second kappa shape index (κ2) is 2.62. The quantitative estimate of drug-likeness (QED) is 0.605. The molecule has 1 rings (SSSR count). The Balaban J connectivity index is 2.90. The van der Waals surface area contributed by atoms with Gasteiger partial charge in [-0.15, -0.1) is 0 Å². The lowest BCUT2D eigenvalue weighted by Gasteiger charge is -2.04. The maximum absolute atomic E-state index is 10.7. The fourth-order valence-electron chi connectivity index (χ4n) is 0.800. The number of methoxy groups -OCH3 is 1. The van der Waals surface area contributed by atoms with Crippen LogP contribution in [-0.2, 0) is 14.3 Å². The molecule has 0 amide bonds. The van der Waals surface area contributed by atoms with Crippen LogP contribution in [0.3, 0.4) is 0 Å². The van der Waals surface area contributed by atoms with Crippen molar-refractivity contribution in [1.29, 1.82) is 0 Å². The van der Waals surface area contributed by atoms with Crippen LogP contribution in [0.15, 0.2) is 10.2 Å². The van der Waals surface area contributed by atoms with Crippen LogP contribution in [0.25, 0.3) is 0 Å². The highest BCUT2D eigenvalue weighted by atomic mass is 79.9. The third-order valence-electron chi connectivity index (χ3n) is 1.27. The normalized spacial score (nSPS) is 25.1. The summed E-state index contributed by atoms with van der Waals surface area (Å²) >= 11 is 3.05. The maximum atomic E-state index is 10.7. The highest BCUT2D eigenvalue weighted by Gasteiger charge is 2.30. The summed E-state index contributed by atoms with van der Waals surface area (Å²) in [7, 11) is 1.51. The molecule has 0 saturated heterocycles. The van der Waals surface area contributed by atoms with E-state index in [1.165, 1.54) is 7.11 Å².